The monoisotopic (exact) mass is 384 g/mol. The Labute approximate surface area is 160 Å². The SMILES string of the molecule is COC(=O)[C@H](Cc1ccc2ccccc2n1)NC(=O)Cc1c(F)cccc1F. The van der Waals surface area contributed by atoms with E-state index in [-0.39, 0.29) is 12.0 Å². The molecular formula is C21H18F2N2O3. The normalized spacial score (nSPS) is 11.8. The first-order valence-corrected chi connectivity index (χ1v) is 8.62. The third kappa shape index (κ3) is 4.49. The number of hydrogen-bond acceptors (Lipinski definition) is 4. The Morgan fingerprint density at radius 2 is 1.75 bits per heavy atom. The lowest BCUT2D eigenvalue weighted by Gasteiger charge is -2.17. The summed E-state index contributed by atoms with van der Waals surface area (Å²) in [5, 5.41) is 3.42. The molecule has 3 aromatic rings. The second kappa shape index (κ2) is 8.56. The maximum Gasteiger partial charge on any atom is 0.328 e. The average Bonchev–Trinajstić information content (AvgIpc) is 2.69. The van der Waals surface area contributed by atoms with Crippen LogP contribution >= 0.6 is 0 Å². The first-order chi connectivity index (χ1) is 13.5. The highest BCUT2D eigenvalue weighted by Gasteiger charge is 2.24. The van der Waals surface area contributed by atoms with Gasteiger partial charge in [0.15, 0.2) is 0 Å². The molecule has 1 N–H and O–H groups in total. The number of ether oxygens (including phenoxy) is 1. The van der Waals surface area contributed by atoms with E-state index in [9.17, 15) is 18.4 Å². The number of aromatic nitrogens is 1. The highest BCUT2D eigenvalue weighted by molar-refractivity contribution is 5.86. The number of carbonyl (C=O) groups excluding carboxylic acids is 2. The molecule has 7 heteroatoms. The van der Waals surface area contributed by atoms with Crippen molar-refractivity contribution >= 4 is 22.8 Å². The number of hydrogen-bond donors (Lipinski definition) is 1. The number of nitrogens with one attached hydrogen (secondary N) is 1. The third-order valence-electron chi connectivity index (χ3n) is 4.29. The molecule has 0 saturated heterocycles. The van der Waals surface area contributed by atoms with Gasteiger partial charge in [-0.25, -0.2) is 13.6 Å². The number of halogens is 2. The molecule has 0 aliphatic heterocycles. The zero-order chi connectivity index (χ0) is 20.1. The zero-order valence-corrected chi connectivity index (χ0v) is 15.1. The molecule has 0 aliphatic carbocycles. The lowest BCUT2D eigenvalue weighted by Crippen LogP contribution is -2.44. The Bertz CT molecular complexity index is 1000. The van der Waals surface area contributed by atoms with Crippen LogP contribution in [0.4, 0.5) is 8.78 Å². The molecule has 0 spiro atoms. The van der Waals surface area contributed by atoms with E-state index in [1.54, 1.807) is 6.07 Å². The van der Waals surface area contributed by atoms with Gasteiger partial charge in [0.05, 0.1) is 19.0 Å². The van der Waals surface area contributed by atoms with Gasteiger partial charge in [-0.3, -0.25) is 9.78 Å². The Kier molecular flexibility index (Phi) is 5.93. The van der Waals surface area contributed by atoms with Crippen molar-refractivity contribution in [2.75, 3.05) is 7.11 Å². The van der Waals surface area contributed by atoms with Crippen molar-refractivity contribution < 1.29 is 23.1 Å². The van der Waals surface area contributed by atoms with Gasteiger partial charge in [0.2, 0.25) is 5.91 Å². The average molecular weight is 384 g/mol. The first-order valence-electron chi connectivity index (χ1n) is 8.62. The number of esters is 1. The lowest BCUT2D eigenvalue weighted by atomic mass is 10.1. The second-order valence-electron chi connectivity index (χ2n) is 6.22. The minimum absolute atomic E-state index is 0.0863. The smallest absolute Gasteiger partial charge is 0.328 e. The van der Waals surface area contributed by atoms with Gasteiger partial charge in [-0.2, -0.15) is 0 Å². The topological polar surface area (TPSA) is 68.3 Å². The third-order valence-corrected chi connectivity index (χ3v) is 4.29. The van der Waals surface area contributed by atoms with Crippen LogP contribution in [-0.4, -0.2) is 30.0 Å². The van der Waals surface area contributed by atoms with Crippen molar-refractivity contribution in [3.8, 4) is 0 Å². The fourth-order valence-corrected chi connectivity index (χ4v) is 2.87. The molecular weight excluding hydrogens is 366 g/mol. The molecule has 0 fully saturated rings. The molecule has 0 bridgehead atoms. The Morgan fingerprint density at radius 3 is 2.46 bits per heavy atom. The van der Waals surface area contributed by atoms with E-state index in [2.05, 4.69) is 10.3 Å². The van der Waals surface area contributed by atoms with Gasteiger partial charge in [-0.05, 0) is 24.3 Å². The Balaban J connectivity index is 1.76. The standard InChI is InChI=1S/C21H18F2N2O3/c1-28-21(27)19(11-14-10-9-13-5-2-3-8-18(13)24-14)25-20(26)12-15-16(22)6-4-7-17(15)23/h2-10,19H,11-12H2,1H3,(H,25,26)/t19-/m0/s1. The molecule has 1 heterocycles. The van der Waals surface area contributed by atoms with Crippen molar-refractivity contribution in [2.45, 2.75) is 18.9 Å². The zero-order valence-electron chi connectivity index (χ0n) is 15.1. The van der Waals surface area contributed by atoms with Gasteiger partial charge in [-0.1, -0.05) is 30.3 Å². The minimum atomic E-state index is -1.03. The summed E-state index contributed by atoms with van der Waals surface area (Å²) >= 11 is 0. The van der Waals surface area contributed by atoms with E-state index in [4.69, 9.17) is 4.74 Å². The van der Waals surface area contributed by atoms with Gasteiger partial charge in [0.25, 0.3) is 0 Å². The van der Waals surface area contributed by atoms with E-state index < -0.39 is 36.0 Å². The highest BCUT2D eigenvalue weighted by atomic mass is 19.1. The fourth-order valence-electron chi connectivity index (χ4n) is 2.87. The second-order valence-corrected chi connectivity index (χ2v) is 6.22. The summed E-state index contributed by atoms with van der Waals surface area (Å²) in [6, 6.07) is 13.4. The van der Waals surface area contributed by atoms with Crippen LogP contribution in [0.2, 0.25) is 0 Å². The van der Waals surface area contributed by atoms with Crippen molar-refractivity contribution in [1.29, 1.82) is 0 Å². The predicted molar refractivity (Wildman–Crippen MR) is 99.5 cm³/mol. The molecule has 28 heavy (non-hydrogen) atoms. The van der Waals surface area contributed by atoms with Crippen molar-refractivity contribution in [3.63, 3.8) is 0 Å². The Hall–Kier alpha value is -3.35. The van der Waals surface area contributed by atoms with Gasteiger partial charge in [0.1, 0.15) is 17.7 Å². The molecule has 0 radical (unpaired) electrons. The summed E-state index contributed by atoms with van der Waals surface area (Å²) in [7, 11) is 1.20. The van der Waals surface area contributed by atoms with E-state index in [1.807, 2.05) is 30.3 Å². The number of methoxy groups -OCH3 is 1. The number of pyridine rings is 1. The maximum atomic E-state index is 13.7. The quantitative estimate of drug-likeness (QED) is 0.664. The van der Waals surface area contributed by atoms with E-state index in [1.165, 1.54) is 13.2 Å². The lowest BCUT2D eigenvalue weighted by molar-refractivity contribution is -0.145. The van der Waals surface area contributed by atoms with Gasteiger partial charge < -0.3 is 10.1 Å². The van der Waals surface area contributed by atoms with Crippen LogP contribution in [0.25, 0.3) is 10.9 Å². The van der Waals surface area contributed by atoms with Crippen LogP contribution < -0.4 is 5.32 Å². The molecule has 0 aliphatic rings. The van der Waals surface area contributed by atoms with Crippen molar-refractivity contribution in [3.05, 3.63) is 77.5 Å². The summed E-state index contributed by atoms with van der Waals surface area (Å²) in [5.41, 5.74) is 0.974. The summed E-state index contributed by atoms with van der Waals surface area (Å²) in [6.07, 6.45) is -0.444. The summed E-state index contributed by atoms with van der Waals surface area (Å²) in [5.74, 6) is -3.00. The molecule has 2 aromatic carbocycles. The molecule has 3 rings (SSSR count). The first kappa shape index (κ1) is 19.4. The molecule has 1 amide bonds. The van der Waals surface area contributed by atoms with Crippen LogP contribution in [-0.2, 0) is 27.2 Å². The maximum absolute atomic E-state index is 13.7. The molecule has 0 unspecified atom stereocenters. The summed E-state index contributed by atoms with van der Waals surface area (Å²) < 4.78 is 32.2. The van der Waals surface area contributed by atoms with Crippen LogP contribution in [0.15, 0.2) is 54.6 Å². The van der Waals surface area contributed by atoms with E-state index >= 15 is 0 Å². The molecule has 1 aromatic heterocycles. The van der Waals surface area contributed by atoms with Crippen LogP contribution in [0, 0.1) is 11.6 Å². The molecule has 5 nitrogen and oxygen atoms in total. The molecule has 0 saturated carbocycles. The Morgan fingerprint density at radius 1 is 1.04 bits per heavy atom. The fraction of sp³-hybridized carbons (Fsp3) is 0.190. The predicted octanol–water partition coefficient (Wildman–Crippen LogP) is 2.96. The number of rotatable bonds is 6. The van der Waals surface area contributed by atoms with Crippen molar-refractivity contribution in [1.82, 2.24) is 10.3 Å². The highest BCUT2D eigenvalue weighted by Crippen LogP contribution is 2.15. The number of nitrogens with zero attached hydrogens (tertiary/aromatic N) is 1. The number of amides is 1. The number of benzene rings is 2. The van der Waals surface area contributed by atoms with E-state index in [0.717, 1.165) is 23.0 Å². The largest absolute Gasteiger partial charge is 0.467 e. The number of para-hydroxylation sites is 1. The van der Waals surface area contributed by atoms with Gasteiger partial charge in [0, 0.05) is 23.1 Å². The molecule has 1 atom stereocenters. The van der Waals surface area contributed by atoms with E-state index in [0.29, 0.717) is 5.69 Å². The summed E-state index contributed by atoms with van der Waals surface area (Å²) in [6.45, 7) is 0. The van der Waals surface area contributed by atoms with Crippen LogP contribution in [0.1, 0.15) is 11.3 Å². The number of carbonyl (C=O) groups is 2. The van der Waals surface area contributed by atoms with Crippen molar-refractivity contribution in [2.24, 2.45) is 0 Å². The number of fused-ring (bicyclic) bond motifs is 1. The summed E-state index contributed by atoms with van der Waals surface area (Å²) in [4.78, 5) is 28.8. The molecule has 144 valence electrons. The van der Waals surface area contributed by atoms with Gasteiger partial charge >= 0.3 is 5.97 Å². The van der Waals surface area contributed by atoms with Crippen LogP contribution in [0.5, 0.6) is 0 Å². The minimum Gasteiger partial charge on any atom is -0.467 e. The van der Waals surface area contributed by atoms with Crippen LogP contribution in [0.3, 0.4) is 0 Å². The van der Waals surface area contributed by atoms with Gasteiger partial charge in [-0.15, -0.1) is 0 Å².